The summed E-state index contributed by atoms with van der Waals surface area (Å²) < 4.78 is 22.1. The van der Waals surface area contributed by atoms with E-state index in [1.54, 1.807) is 19.5 Å². The van der Waals surface area contributed by atoms with Gasteiger partial charge in [0.25, 0.3) is 11.8 Å². The maximum atomic E-state index is 5.71. The Balaban J connectivity index is 1.44. The summed E-state index contributed by atoms with van der Waals surface area (Å²) in [5, 5.41) is 3.33. The minimum absolute atomic E-state index is 0.461. The number of hydrogen-bond donors (Lipinski definition) is 1. The van der Waals surface area contributed by atoms with Crippen LogP contribution in [0.3, 0.4) is 0 Å². The number of rotatable bonds is 8. The van der Waals surface area contributed by atoms with Gasteiger partial charge in [0.1, 0.15) is 25.4 Å². The standard InChI is InChI=1S/C21H23N5O4/c1-3-28-20-17(27-2)10-15(12-24-20)16-11-18(26-13-25-16)22-6-4-14-5-7-23-21-19(14)29-8-9-30-21/h5,7,10-13H,3-4,6,8-9H2,1-2H3,(H,22,25,26). The SMILES string of the molecule is CCOc1ncc(-c2cc(NCCc3ccnc4c3OCCO4)ncn2)cc1OC. The number of fused-ring (bicyclic) bond motifs is 1. The van der Waals surface area contributed by atoms with Crippen LogP contribution in [0.2, 0.25) is 0 Å². The van der Waals surface area contributed by atoms with E-state index in [9.17, 15) is 0 Å². The molecule has 3 aromatic heterocycles. The van der Waals surface area contributed by atoms with E-state index in [4.69, 9.17) is 18.9 Å². The fraction of sp³-hybridized carbons (Fsp3) is 0.333. The van der Waals surface area contributed by atoms with Crippen molar-refractivity contribution >= 4 is 5.82 Å². The monoisotopic (exact) mass is 409 g/mol. The molecular formula is C21H23N5O4. The lowest BCUT2D eigenvalue weighted by molar-refractivity contribution is 0.163. The van der Waals surface area contributed by atoms with Gasteiger partial charge >= 0.3 is 0 Å². The van der Waals surface area contributed by atoms with Crippen LogP contribution >= 0.6 is 0 Å². The van der Waals surface area contributed by atoms with Gasteiger partial charge in [0.15, 0.2) is 11.5 Å². The van der Waals surface area contributed by atoms with Gasteiger partial charge in [0.2, 0.25) is 0 Å². The Morgan fingerprint density at radius 2 is 2.00 bits per heavy atom. The zero-order valence-corrected chi connectivity index (χ0v) is 16.9. The third-order valence-electron chi connectivity index (χ3n) is 4.50. The number of nitrogens with zero attached hydrogens (tertiary/aromatic N) is 4. The van der Waals surface area contributed by atoms with E-state index in [1.165, 1.54) is 6.33 Å². The number of ether oxygens (including phenoxy) is 4. The average Bonchev–Trinajstić information content (AvgIpc) is 2.80. The first-order valence-corrected chi connectivity index (χ1v) is 9.75. The highest BCUT2D eigenvalue weighted by molar-refractivity contribution is 5.64. The summed E-state index contributed by atoms with van der Waals surface area (Å²) in [7, 11) is 1.59. The molecular weight excluding hydrogens is 386 g/mol. The second-order valence-corrected chi connectivity index (χ2v) is 6.43. The van der Waals surface area contributed by atoms with E-state index in [2.05, 4.69) is 25.3 Å². The Morgan fingerprint density at radius 1 is 1.10 bits per heavy atom. The topological polar surface area (TPSA) is 101 Å². The predicted molar refractivity (Wildman–Crippen MR) is 110 cm³/mol. The van der Waals surface area contributed by atoms with Gasteiger partial charge in [-0.1, -0.05) is 0 Å². The molecule has 1 N–H and O–H groups in total. The van der Waals surface area contributed by atoms with E-state index in [-0.39, 0.29) is 0 Å². The number of methoxy groups -OCH3 is 1. The molecule has 0 radical (unpaired) electrons. The highest BCUT2D eigenvalue weighted by Gasteiger charge is 2.17. The first kappa shape index (κ1) is 19.7. The molecule has 0 amide bonds. The molecule has 1 aliphatic heterocycles. The van der Waals surface area contributed by atoms with Crippen molar-refractivity contribution in [2.24, 2.45) is 0 Å². The summed E-state index contributed by atoms with van der Waals surface area (Å²) >= 11 is 0. The van der Waals surface area contributed by atoms with Crippen molar-refractivity contribution in [1.29, 1.82) is 0 Å². The second-order valence-electron chi connectivity index (χ2n) is 6.43. The maximum absolute atomic E-state index is 5.71. The maximum Gasteiger partial charge on any atom is 0.257 e. The quantitative estimate of drug-likeness (QED) is 0.602. The first-order valence-electron chi connectivity index (χ1n) is 9.75. The zero-order valence-electron chi connectivity index (χ0n) is 16.9. The highest BCUT2D eigenvalue weighted by atomic mass is 16.6. The molecule has 0 unspecified atom stereocenters. The van der Waals surface area contributed by atoms with Crippen molar-refractivity contribution in [1.82, 2.24) is 19.9 Å². The molecule has 0 fully saturated rings. The normalized spacial score (nSPS) is 12.3. The summed E-state index contributed by atoms with van der Waals surface area (Å²) in [5.74, 6) is 3.02. The summed E-state index contributed by atoms with van der Waals surface area (Å²) in [6, 6.07) is 5.67. The number of pyridine rings is 2. The fourth-order valence-corrected chi connectivity index (χ4v) is 3.10. The summed E-state index contributed by atoms with van der Waals surface area (Å²) in [6.07, 6.45) is 5.70. The van der Waals surface area contributed by atoms with Gasteiger partial charge in [-0.2, -0.15) is 0 Å². The third kappa shape index (κ3) is 4.35. The van der Waals surface area contributed by atoms with Gasteiger partial charge in [0, 0.05) is 36.1 Å². The van der Waals surface area contributed by atoms with E-state index >= 15 is 0 Å². The fourth-order valence-electron chi connectivity index (χ4n) is 3.10. The molecule has 3 aromatic rings. The molecule has 0 atom stereocenters. The van der Waals surface area contributed by atoms with Crippen molar-refractivity contribution in [3.05, 3.63) is 42.5 Å². The predicted octanol–water partition coefficient (Wildman–Crippen LogP) is 2.77. The van der Waals surface area contributed by atoms with Crippen LogP contribution in [0.4, 0.5) is 5.82 Å². The molecule has 156 valence electrons. The van der Waals surface area contributed by atoms with Gasteiger partial charge < -0.3 is 24.3 Å². The van der Waals surface area contributed by atoms with Gasteiger partial charge in [-0.25, -0.2) is 19.9 Å². The molecule has 1 aliphatic rings. The van der Waals surface area contributed by atoms with Crippen LogP contribution in [0.1, 0.15) is 12.5 Å². The van der Waals surface area contributed by atoms with Crippen LogP contribution in [-0.2, 0) is 6.42 Å². The Bertz CT molecular complexity index is 1010. The molecule has 0 aromatic carbocycles. The van der Waals surface area contributed by atoms with Crippen LogP contribution in [-0.4, -0.2) is 53.4 Å². The zero-order chi connectivity index (χ0) is 20.8. The van der Waals surface area contributed by atoms with Crippen LogP contribution in [0.5, 0.6) is 23.3 Å². The van der Waals surface area contributed by atoms with Crippen LogP contribution in [0.25, 0.3) is 11.3 Å². The molecule has 30 heavy (non-hydrogen) atoms. The largest absolute Gasteiger partial charge is 0.491 e. The minimum atomic E-state index is 0.461. The van der Waals surface area contributed by atoms with E-state index in [0.717, 1.165) is 29.0 Å². The Labute approximate surface area is 174 Å². The van der Waals surface area contributed by atoms with Gasteiger partial charge in [-0.05, 0) is 25.5 Å². The molecule has 4 rings (SSSR count). The van der Waals surface area contributed by atoms with Gasteiger partial charge in [-0.15, -0.1) is 0 Å². The summed E-state index contributed by atoms with van der Waals surface area (Å²) in [4.78, 5) is 17.2. The van der Waals surface area contributed by atoms with E-state index in [1.807, 2.05) is 25.1 Å². The lowest BCUT2D eigenvalue weighted by atomic mass is 10.1. The third-order valence-corrected chi connectivity index (χ3v) is 4.50. The van der Waals surface area contributed by atoms with Gasteiger partial charge in [0.05, 0.1) is 19.4 Å². The van der Waals surface area contributed by atoms with Crippen molar-refractivity contribution in [2.45, 2.75) is 13.3 Å². The Hall–Kier alpha value is -3.62. The van der Waals surface area contributed by atoms with Crippen LogP contribution < -0.4 is 24.3 Å². The molecule has 0 aliphatic carbocycles. The Morgan fingerprint density at radius 3 is 2.87 bits per heavy atom. The van der Waals surface area contributed by atoms with Crippen LogP contribution in [0.15, 0.2) is 36.9 Å². The molecule has 0 saturated carbocycles. The number of anilines is 1. The van der Waals surface area contributed by atoms with E-state index < -0.39 is 0 Å². The molecule has 9 heteroatoms. The number of nitrogens with one attached hydrogen (secondary N) is 1. The second kappa shape index (κ2) is 9.25. The first-order chi connectivity index (χ1) is 14.8. The lowest BCUT2D eigenvalue weighted by Gasteiger charge is -2.19. The molecule has 9 nitrogen and oxygen atoms in total. The number of hydrogen-bond acceptors (Lipinski definition) is 9. The molecule has 0 bridgehead atoms. The molecule has 0 saturated heterocycles. The summed E-state index contributed by atoms with van der Waals surface area (Å²) in [5.41, 5.74) is 2.59. The number of aromatic nitrogens is 4. The van der Waals surface area contributed by atoms with Crippen molar-refractivity contribution in [3.8, 4) is 34.5 Å². The minimum Gasteiger partial charge on any atom is -0.491 e. The van der Waals surface area contributed by atoms with Crippen molar-refractivity contribution in [2.75, 3.05) is 38.8 Å². The van der Waals surface area contributed by atoms with Crippen molar-refractivity contribution in [3.63, 3.8) is 0 Å². The molecule has 0 spiro atoms. The van der Waals surface area contributed by atoms with Crippen LogP contribution in [0, 0.1) is 0 Å². The Kier molecular flexibility index (Phi) is 6.07. The van der Waals surface area contributed by atoms with Crippen molar-refractivity contribution < 1.29 is 18.9 Å². The van der Waals surface area contributed by atoms with E-state index in [0.29, 0.717) is 49.7 Å². The van der Waals surface area contributed by atoms with Gasteiger partial charge in [-0.3, -0.25) is 0 Å². The summed E-state index contributed by atoms with van der Waals surface area (Å²) in [6.45, 7) is 4.14. The highest BCUT2D eigenvalue weighted by Crippen LogP contribution is 2.32. The average molecular weight is 409 g/mol. The molecule has 4 heterocycles. The lowest BCUT2D eigenvalue weighted by Crippen LogP contribution is -2.18. The smallest absolute Gasteiger partial charge is 0.257 e.